The van der Waals surface area contributed by atoms with E-state index in [1.165, 1.54) is 26.2 Å². The third-order valence-corrected chi connectivity index (χ3v) is 6.46. The van der Waals surface area contributed by atoms with Gasteiger partial charge in [0.15, 0.2) is 4.90 Å². The van der Waals surface area contributed by atoms with Crippen LogP contribution in [0, 0.1) is 10.1 Å². The number of rotatable bonds is 6. The smallest absolute Gasteiger partial charge is 0.279 e. The number of benzene rings is 2. The Morgan fingerprint density at radius 1 is 1.00 bits per heavy atom. The molecule has 0 amide bonds. The molecule has 0 aromatic heterocycles. The first-order valence-electron chi connectivity index (χ1n) is 6.84. The number of nitrogens with zero attached hydrogens (tertiary/aromatic N) is 2. The molecule has 0 aliphatic rings. The minimum atomic E-state index is -4.27. The summed E-state index contributed by atoms with van der Waals surface area (Å²) < 4.78 is 52.2. The van der Waals surface area contributed by atoms with Crippen molar-refractivity contribution in [1.82, 2.24) is 4.31 Å². The first kappa shape index (κ1) is 18.8. The maximum atomic E-state index is 12.4. The molecule has 0 unspecified atom stereocenters. The average Bonchev–Trinajstić information content (AvgIpc) is 2.54. The van der Waals surface area contributed by atoms with Crippen molar-refractivity contribution in [3.63, 3.8) is 0 Å². The van der Waals surface area contributed by atoms with Crippen LogP contribution < -0.4 is 4.72 Å². The molecule has 0 atom stereocenters. The molecule has 1 N–H and O–H groups in total. The highest BCUT2D eigenvalue weighted by Crippen LogP contribution is 2.29. The second kappa shape index (κ2) is 6.78. The number of nitro groups is 1. The van der Waals surface area contributed by atoms with Gasteiger partial charge in [-0.05, 0) is 24.3 Å². The molecule has 25 heavy (non-hydrogen) atoms. The van der Waals surface area contributed by atoms with Crippen LogP contribution in [0.2, 0.25) is 0 Å². The molecule has 0 saturated carbocycles. The Labute approximate surface area is 145 Å². The van der Waals surface area contributed by atoms with Crippen molar-refractivity contribution in [2.24, 2.45) is 0 Å². The van der Waals surface area contributed by atoms with Crippen LogP contribution in [-0.2, 0) is 20.0 Å². The minimum Gasteiger partial charge on any atom is -0.279 e. The largest absolute Gasteiger partial charge is 0.291 e. The van der Waals surface area contributed by atoms with Crippen LogP contribution in [0.4, 0.5) is 11.4 Å². The molecule has 0 bridgehead atoms. The summed E-state index contributed by atoms with van der Waals surface area (Å²) in [5.41, 5.74) is -0.604. The van der Waals surface area contributed by atoms with Crippen LogP contribution in [0.15, 0.2) is 58.3 Å². The fourth-order valence-electron chi connectivity index (χ4n) is 1.95. The Hall–Kier alpha value is -2.50. The van der Waals surface area contributed by atoms with E-state index in [1.54, 1.807) is 18.2 Å². The average molecular weight is 385 g/mol. The minimum absolute atomic E-state index is 0.224. The number of nitro benzene ring substituents is 1. The molecule has 0 aliphatic heterocycles. The highest BCUT2D eigenvalue weighted by molar-refractivity contribution is 7.93. The summed E-state index contributed by atoms with van der Waals surface area (Å²) in [7, 11) is -5.68. The molecule has 9 nitrogen and oxygen atoms in total. The second-order valence-corrected chi connectivity index (χ2v) is 8.95. The lowest BCUT2D eigenvalue weighted by atomic mass is 10.3. The summed E-state index contributed by atoms with van der Waals surface area (Å²) in [6.45, 7) is 0. The number of nitrogens with one attached hydrogen (secondary N) is 1. The van der Waals surface area contributed by atoms with Gasteiger partial charge >= 0.3 is 0 Å². The first-order chi connectivity index (χ1) is 11.6. The van der Waals surface area contributed by atoms with Crippen molar-refractivity contribution in [3.8, 4) is 0 Å². The number of anilines is 1. The van der Waals surface area contributed by atoms with Gasteiger partial charge in [0, 0.05) is 25.8 Å². The zero-order chi connectivity index (χ0) is 18.8. The Morgan fingerprint density at radius 2 is 1.60 bits per heavy atom. The molecular weight excluding hydrogens is 370 g/mol. The van der Waals surface area contributed by atoms with Crippen molar-refractivity contribution in [3.05, 3.63) is 58.6 Å². The summed E-state index contributed by atoms with van der Waals surface area (Å²) in [6, 6.07) is 10.5. The molecule has 0 saturated heterocycles. The van der Waals surface area contributed by atoms with Gasteiger partial charge in [0.25, 0.3) is 15.7 Å². The number of para-hydroxylation sites is 1. The molecule has 0 heterocycles. The fourth-order valence-corrected chi connectivity index (χ4v) is 4.09. The van der Waals surface area contributed by atoms with E-state index in [1.807, 2.05) is 0 Å². The third-order valence-electron chi connectivity index (χ3n) is 3.22. The van der Waals surface area contributed by atoms with Gasteiger partial charge in [0.2, 0.25) is 10.0 Å². The molecule has 0 aliphatic carbocycles. The van der Waals surface area contributed by atoms with E-state index in [4.69, 9.17) is 0 Å². The van der Waals surface area contributed by atoms with Crippen molar-refractivity contribution >= 4 is 31.4 Å². The van der Waals surface area contributed by atoms with Crippen LogP contribution in [0.1, 0.15) is 0 Å². The molecule has 2 rings (SSSR count). The van der Waals surface area contributed by atoms with Crippen molar-refractivity contribution in [1.29, 1.82) is 0 Å². The molecule has 0 radical (unpaired) electrons. The number of hydrogen-bond acceptors (Lipinski definition) is 6. The standard InChI is InChI=1S/C14H15N3O6S2/c1-16(2)25(22,23)12-8-9-14(13(10-12)17(18)19)24(20,21)15-11-6-4-3-5-7-11/h3-10,15H,1-2H3. The van der Waals surface area contributed by atoms with Crippen LogP contribution in [-0.4, -0.2) is 40.2 Å². The van der Waals surface area contributed by atoms with Gasteiger partial charge in [-0.15, -0.1) is 0 Å². The van der Waals surface area contributed by atoms with E-state index in [0.717, 1.165) is 22.5 Å². The van der Waals surface area contributed by atoms with Gasteiger partial charge in [0.05, 0.1) is 9.82 Å². The fraction of sp³-hybridized carbons (Fsp3) is 0.143. The Bertz CT molecular complexity index is 1000. The maximum absolute atomic E-state index is 12.4. The topological polar surface area (TPSA) is 127 Å². The maximum Gasteiger partial charge on any atom is 0.291 e. The second-order valence-electron chi connectivity index (χ2n) is 5.15. The van der Waals surface area contributed by atoms with Gasteiger partial charge in [0.1, 0.15) is 0 Å². The summed E-state index contributed by atoms with van der Waals surface area (Å²) in [5, 5.41) is 11.3. The predicted molar refractivity (Wildman–Crippen MR) is 91.2 cm³/mol. The number of hydrogen-bond donors (Lipinski definition) is 1. The summed E-state index contributed by atoms with van der Waals surface area (Å²) in [4.78, 5) is 9.34. The number of sulfonamides is 2. The summed E-state index contributed by atoms with van der Waals surface area (Å²) in [5.74, 6) is 0. The van der Waals surface area contributed by atoms with E-state index < -0.39 is 35.6 Å². The van der Waals surface area contributed by atoms with Gasteiger partial charge in [-0.25, -0.2) is 21.1 Å². The lowest BCUT2D eigenvalue weighted by Gasteiger charge is -2.13. The first-order valence-corrected chi connectivity index (χ1v) is 9.77. The van der Waals surface area contributed by atoms with Gasteiger partial charge in [-0.3, -0.25) is 14.8 Å². The molecule has 0 spiro atoms. The lowest BCUT2D eigenvalue weighted by molar-refractivity contribution is -0.388. The van der Waals surface area contributed by atoms with Crippen molar-refractivity contribution in [2.45, 2.75) is 9.79 Å². The zero-order valence-corrected chi connectivity index (χ0v) is 14.9. The van der Waals surface area contributed by atoms with E-state index in [2.05, 4.69) is 4.72 Å². The zero-order valence-electron chi connectivity index (χ0n) is 13.3. The quantitative estimate of drug-likeness (QED) is 0.595. The molecule has 11 heteroatoms. The Morgan fingerprint density at radius 3 is 2.12 bits per heavy atom. The molecular formula is C14H15N3O6S2. The predicted octanol–water partition coefficient (Wildman–Crippen LogP) is 1.65. The van der Waals surface area contributed by atoms with Crippen LogP contribution in [0.25, 0.3) is 0 Å². The lowest BCUT2D eigenvalue weighted by Crippen LogP contribution is -2.22. The normalized spacial score (nSPS) is 12.1. The van der Waals surface area contributed by atoms with E-state index in [-0.39, 0.29) is 10.6 Å². The van der Waals surface area contributed by atoms with Crippen LogP contribution in [0.3, 0.4) is 0 Å². The van der Waals surface area contributed by atoms with Crippen molar-refractivity contribution < 1.29 is 21.8 Å². The Kier molecular flexibility index (Phi) is 5.11. The molecule has 2 aromatic rings. The van der Waals surface area contributed by atoms with Gasteiger partial charge in [-0.2, -0.15) is 0 Å². The van der Waals surface area contributed by atoms with E-state index in [0.29, 0.717) is 0 Å². The van der Waals surface area contributed by atoms with Gasteiger partial charge < -0.3 is 0 Å². The third kappa shape index (κ3) is 3.95. The summed E-state index contributed by atoms with van der Waals surface area (Å²) >= 11 is 0. The SMILES string of the molecule is CN(C)S(=O)(=O)c1ccc(S(=O)(=O)Nc2ccccc2)c([N+](=O)[O-])c1. The molecule has 2 aromatic carbocycles. The van der Waals surface area contributed by atoms with Crippen LogP contribution in [0.5, 0.6) is 0 Å². The van der Waals surface area contributed by atoms with Crippen LogP contribution >= 0.6 is 0 Å². The Balaban J connectivity index is 2.57. The van der Waals surface area contributed by atoms with E-state index in [9.17, 15) is 26.9 Å². The highest BCUT2D eigenvalue weighted by Gasteiger charge is 2.29. The molecule has 0 fully saturated rings. The van der Waals surface area contributed by atoms with Crippen molar-refractivity contribution in [2.75, 3.05) is 18.8 Å². The monoisotopic (exact) mass is 385 g/mol. The summed E-state index contributed by atoms with van der Waals surface area (Å²) in [6.07, 6.45) is 0. The van der Waals surface area contributed by atoms with E-state index >= 15 is 0 Å². The van der Waals surface area contributed by atoms with Gasteiger partial charge in [-0.1, -0.05) is 18.2 Å². The molecule has 134 valence electrons. The highest BCUT2D eigenvalue weighted by atomic mass is 32.2.